The van der Waals surface area contributed by atoms with E-state index in [1.807, 2.05) is 12.1 Å². The maximum absolute atomic E-state index is 12.0. The van der Waals surface area contributed by atoms with Crippen molar-refractivity contribution in [3.05, 3.63) is 29.8 Å². The molecule has 0 spiro atoms. The third-order valence-corrected chi connectivity index (χ3v) is 2.13. The number of benzene rings is 1. The Morgan fingerprint density at radius 1 is 1.35 bits per heavy atom. The Morgan fingerprint density at radius 3 is 2.53 bits per heavy atom. The molecule has 86 valence electrons. The van der Waals surface area contributed by atoms with Gasteiger partial charge in [0.15, 0.2) is 0 Å². The van der Waals surface area contributed by atoms with Gasteiger partial charge in [-0.3, -0.25) is 4.79 Å². The van der Waals surface area contributed by atoms with Crippen molar-refractivity contribution in [3.63, 3.8) is 0 Å². The second kappa shape index (κ2) is 6.14. The molecule has 1 rings (SSSR count). The first kappa shape index (κ1) is 12.5. The minimum absolute atomic E-state index is 0.108. The predicted octanol–water partition coefficient (Wildman–Crippen LogP) is 1.18. The molecule has 0 radical (unpaired) electrons. The van der Waals surface area contributed by atoms with Crippen LogP contribution in [-0.4, -0.2) is 31.0 Å². The SMILES string of the molecule is COc1cccc(C(=O)N(CC#N)CC#N)c1. The van der Waals surface area contributed by atoms with Gasteiger partial charge in [0, 0.05) is 5.56 Å². The number of nitriles is 2. The summed E-state index contributed by atoms with van der Waals surface area (Å²) in [5.41, 5.74) is 0.398. The van der Waals surface area contributed by atoms with Gasteiger partial charge in [-0.25, -0.2) is 0 Å². The second-order valence-corrected chi connectivity index (χ2v) is 3.21. The smallest absolute Gasteiger partial charge is 0.255 e. The molecule has 0 saturated carbocycles. The molecule has 0 aliphatic rings. The molecule has 0 N–H and O–H groups in total. The summed E-state index contributed by atoms with van der Waals surface area (Å²) < 4.78 is 5.00. The molecule has 0 heterocycles. The average molecular weight is 229 g/mol. The highest BCUT2D eigenvalue weighted by Crippen LogP contribution is 2.14. The van der Waals surface area contributed by atoms with Gasteiger partial charge in [-0.05, 0) is 18.2 Å². The van der Waals surface area contributed by atoms with Crippen molar-refractivity contribution in [1.82, 2.24) is 4.90 Å². The van der Waals surface area contributed by atoms with E-state index < -0.39 is 0 Å². The number of amides is 1. The maximum atomic E-state index is 12.0. The van der Waals surface area contributed by atoms with Crippen LogP contribution >= 0.6 is 0 Å². The molecule has 1 aromatic rings. The highest BCUT2D eigenvalue weighted by molar-refractivity contribution is 5.94. The van der Waals surface area contributed by atoms with Crippen LogP contribution in [0, 0.1) is 22.7 Å². The third kappa shape index (κ3) is 3.22. The fraction of sp³-hybridized carbons (Fsp3) is 0.250. The number of nitrogens with zero attached hydrogens (tertiary/aromatic N) is 3. The summed E-state index contributed by atoms with van der Waals surface area (Å²) in [5, 5.41) is 17.2. The van der Waals surface area contributed by atoms with E-state index in [0.717, 1.165) is 0 Å². The third-order valence-electron chi connectivity index (χ3n) is 2.13. The van der Waals surface area contributed by atoms with Gasteiger partial charge in [-0.1, -0.05) is 6.07 Å². The van der Waals surface area contributed by atoms with E-state index >= 15 is 0 Å². The first-order valence-electron chi connectivity index (χ1n) is 4.90. The molecule has 0 unspecified atom stereocenters. The van der Waals surface area contributed by atoms with Crippen LogP contribution < -0.4 is 4.74 Å². The van der Waals surface area contributed by atoms with Crippen LogP contribution in [0.25, 0.3) is 0 Å². The highest BCUT2D eigenvalue weighted by atomic mass is 16.5. The van der Waals surface area contributed by atoms with Crippen LogP contribution in [0.15, 0.2) is 24.3 Å². The fourth-order valence-corrected chi connectivity index (χ4v) is 1.31. The molecule has 1 aromatic carbocycles. The summed E-state index contributed by atoms with van der Waals surface area (Å²) in [6.07, 6.45) is 0. The van der Waals surface area contributed by atoms with Gasteiger partial charge in [-0.15, -0.1) is 0 Å². The van der Waals surface area contributed by atoms with Gasteiger partial charge in [0.25, 0.3) is 5.91 Å². The van der Waals surface area contributed by atoms with Crippen LogP contribution in [0.3, 0.4) is 0 Å². The van der Waals surface area contributed by atoms with E-state index in [0.29, 0.717) is 11.3 Å². The first-order chi connectivity index (χ1) is 8.22. The van der Waals surface area contributed by atoms with Crippen molar-refractivity contribution in [2.45, 2.75) is 0 Å². The van der Waals surface area contributed by atoms with Crippen LogP contribution in [-0.2, 0) is 0 Å². The molecule has 1 amide bonds. The van der Waals surface area contributed by atoms with Gasteiger partial charge in [-0.2, -0.15) is 10.5 Å². The predicted molar refractivity (Wildman–Crippen MR) is 60.1 cm³/mol. The summed E-state index contributed by atoms with van der Waals surface area (Å²) in [6, 6.07) is 10.3. The number of methoxy groups -OCH3 is 1. The lowest BCUT2D eigenvalue weighted by atomic mass is 10.2. The monoisotopic (exact) mass is 229 g/mol. The van der Waals surface area contributed by atoms with Crippen LogP contribution in [0.4, 0.5) is 0 Å². The largest absolute Gasteiger partial charge is 0.497 e. The van der Waals surface area contributed by atoms with Gasteiger partial charge in [0.1, 0.15) is 18.8 Å². The second-order valence-electron chi connectivity index (χ2n) is 3.21. The standard InChI is InChI=1S/C12H11N3O2/c1-17-11-4-2-3-10(9-11)12(16)15(7-5-13)8-6-14/h2-4,9H,7-8H2,1H3. The van der Waals surface area contributed by atoms with Crippen LogP contribution in [0.5, 0.6) is 5.75 Å². The molecule has 17 heavy (non-hydrogen) atoms. The summed E-state index contributed by atoms with van der Waals surface area (Å²) in [7, 11) is 1.51. The van der Waals surface area contributed by atoms with Crippen molar-refractivity contribution in [3.8, 4) is 17.9 Å². The van der Waals surface area contributed by atoms with Gasteiger partial charge >= 0.3 is 0 Å². The van der Waals surface area contributed by atoms with Crippen molar-refractivity contribution in [2.24, 2.45) is 0 Å². The zero-order valence-electron chi connectivity index (χ0n) is 9.38. The quantitative estimate of drug-likeness (QED) is 0.726. The van der Waals surface area contributed by atoms with Crippen molar-refractivity contribution in [1.29, 1.82) is 10.5 Å². The molecular formula is C12H11N3O2. The number of hydrogen-bond acceptors (Lipinski definition) is 4. The zero-order chi connectivity index (χ0) is 12.7. The lowest BCUT2D eigenvalue weighted by Gasteiger charge is -2.15. The summed E-state index contributed by atoms with van der Waals surface area (Å²) in [5.74, 6) is 0.205. The number of hydrogen-bond donors (Lipinski definition) is 0. The van der Waals surface area contributed by atoms with E-state index in [4.69, 9.17) is 15.3 Å². The van der Waals surface area contributed by atoms with E-state index in [-0.39, 0.29) is 19.0 Å². The summed E-state index contributed by atoms with van der Waals surface area (Å²) >= 11 is 0. The minimum atomic E-state index is -0.355. The van der Waals surface area contributed by atoms with Crippen LogP contribution in [0.2, 0.25) is 0 Å². The molecule has 0 aromatic heterocycles. The van der Waals surface area contributed by atoms with E-state index in [2.05, 4.69) is 0 Å². The Balaban J connectivity index is 2.93. The molecular weight excluding hydrogens is 218 g/mol. The molecule has 0 atom stereocenters. The molecule has 0 aliphatic carbocycles. The molecule has 0 fully saturated rings. The Hall–Kier alpha value is -2.53. The maximum Gasteiger partial charge on any atom is 0.255 e. The van der Waals surface area contributed by atoms with Crippen molar-refractivity contribution in [2.75, 3.05) is 20.2 Å². The van der Waals surface area contributed by atoms with Gasteiger partial charge < -0.3 is 9.64 Å². The lowest BCUT2D eigenvalue weighted by Crippen LogP contribution is -2.31. The first-order valence-corrected chi connectivity index (χ1v) is 4.90. The van der Waals surface area contributed by atoms with E-state index in [1.165, 1.54) is 12.0 Å². The van der Waals surface area contributed by atoms with Gasteiger partial charge in [0.05, 0.1) is 19.2 Å². The van der Waals surface area contributed by atoms with Crippen molar-refractivity contribution >= 4 is 5.91 Å². The Labute approximate surface area is 99.4 Å². The highest BCUT2D eigenvalue weighted by Gasteiger charge is 2.15. The van der Waals surface area contributed by atoms with E-state index in [9.17, 15) is 4.79 Å². The van der Waals surface area contributed by atoms with Crippen LogP contribution in [0.1, 0.15) is 10.4 Å². The fourth-order valence-electron chi connectivity index (χ4n) is 1.31. The molecule has 0 saturated heterocycles. The molecule has 5 nitrogen and oxygen atoms in total. The number of rotatable bonds is 4. The average Bonchev–Trinajstić information content (AvgIpc) is 2.38. The summed E-state index contributed by atoms with van der Waals surface area (Å²) in [4.78, 5) is 13.1. The normalized spacial score (nSPS) is 8.88. The minimum Gasteiger partial charge on any atom is -0.497 e. The number of carbonyl (C=O) groups excluding carboxylic acids is 1. The topological polar surface area (TPSA) is 77.1 Å². The lowest BCUT2D eigenvalue weighted by molar-refractivity contribution is 0.0794. The zero-order valence-corrected chi connectivity index (χ0v) is 9.38. The Morgan fingerprint density at radius 2 is 2.00 bits per heavy atom. The molecule has 0 aliphatic heterocycles. The Bertz CT molecular complexity index is 469. The summed E-state index contributed by atoms with van der Waals surface area (Å²) in [6.45, 7) is -0.215. The number of ether oxygens (including phenoxy) is 1. The molecule has 5 heteroatoms. The Kier molecular flexibility index (Phi) is 4.53. The van der Waals surface area contributed by atoms with Gasteiger partial charge in [0.2, 0.25) is 0 Å². The van der Waals surface area contributed by atoms with E-state index in [1.54, 1.807) is 24.3 Å². The number of carbonyl (C=O) groups is 1. The molecule has 0 bridgehead atoms. The van der Waals surface area contributed by atoms with Crippen molar-refractivity contribution < 1.29 is 9.53 Å².